The van der Waals surface area contributed by atoms with Gasteiger partial charge in [0.25, 0.3) is 0 Å². The highest BCUT2D eigenvalue weighted by Crippen LogP contribution is 1.58. The fraction of sp³-hybridized carbons (Fsp3) is 1.00. The van der Waals surface area contributed by atoms with Crippen LogP contribution in [0.1, 0.15) is 172 Å². The SMILES string of the molecule is C.C.C.C.CCC.CCC.CCC.CCC.CCC.CCC.CCC. The van der Waals surface area contributed by atoms with Gasteiger partial charge in [-0.1, -0.05) is 172 Å². The van der Waals surface area contributed by atoms with E-state index in [4.69, 9.17) is 0 Å². The van der Waals surface area contributed by atoms with Crippen LogP contribution >= 0.6 is 0 Å². The van der Waals surface area contributed by atoms with Gasteiger partial charge in [-0.3, -0.25) is 0 Å². The molecule has 0 atom stereocenters. The Morgan fingerprint density at radius 1 is 0.200 bits per heavy atom. The highest BCUT2D eigenvalue weighted by atomic mass is 13.4. The van der Waals surface area contributed by atoms with Crippen LogP contribution in [0.25, 0.3) is 0 Å². The molecule has 0 aliphatic rings. The molecule has 0 aliphatic heterocycles. The summed E-state index contributed by atoms with van der Waals surface area (Å²) in [5.41, 5.74) is 0. The Kier molecular flexibility index (Phi) is 761. The van der Waals surface area contributed by atoms with Crippen LogP contribution in [0.4, 0.5) is 0 Å². The van der Waals surface area contributed by atoms with Crippen molar-refractivity contribution < 1.29 is 0 Å². The third-order valence-electron chi connectivity index (χ3n) is 0. The van der Waals surface area contributed by atoms with Crippen molar-refractivity contribution >= 4 is 0 Å². The number of hydrogen-bond donors (Lipinski definition) is 0. The van der Waals surface area contributed by atoms with Gasteiger partial charge in [-0.2, -0.15) is 0 Å². The van der Waals surface area contributed by atoms with E-state index in [2.05, 4.69) is 96.9 Å². The first-order valence-electron chi connectivity index (χ1n) is 9.90. The van der Waals surface area contributed by atoms with Crippen molar-refractivity contribution in [1.29, 1.82) is 0 Å². The molecule has 0 fully saturated rings. The summed E-state index contributed by atoms with van der Waals surface area (Å²) in [5.74, 6) is 0. The van der Waals surface area contributed by atoms with E-state index in [1.54, 1.807) is 0 Å². The second kappa shape index (κ2) is 259. The van der Waals surface area contributed by atoms with Gasteiger partial charge >= 0.3 is 0 Å². The zero-order valence-electron chi connectivity index (χ0n) is 18.9. The predicted octanol–water partition coefficient (Wildman–Crippen LogP) is 12.5. The molecule has 25 heavy (non-hydrogen) atoms. The molecule has 172 valence electrons. The molecule has 0 amide bonds. The van der Waals surface area contributed by atoms with E-state index in [1.165, 1.54) is 44.9 Å². The maximum atomic E-state index is 2.12. The fourth-order valence-electron chi connectivity index (χ4n) is 0. The monoisotopic (exact) mass is 373 g/mol. The summed E-state index contributed by atoms with van der Waals surface area (Å²) in [6.07, 6.45) is 8.75. The minimum Gasteiger partial charge on any atom is -0.0776 e. The average molecular weight is 373 g/mol. The Morgan fingerprint density at radius 2 is 0.200 bits per heavy atom. The molecule has 0 aromatic rings. The minimum atomic E-state index is 0. The summed E-state index contributed by atoms with van der Waals surface area (Å²) in [6, 6.07) is 0. The van der Waals surface area contributed by atoms with Gasteiger partial charge in [0.2, 0.25) is 0 Å². The smallest absolute Gasteiger partial charge is 0.0590 e. The third kappa shape index (κ3) is 0. The average Bonchev–Trinajstić information content (AvgIpc) is 2.35. The van der Waals surface area contributed by atoms with Gasteiger partial charge in [0.1, 0.15) is 0 Å². The van der Waals surface area contributed by atoms with E-state index in [9.17, 15) is 0 Å². The van der Waals surface area contributed by atoms with E-state index in [1.807, 2.05) is 0 Å². The quantitative estimate of drug-likeness (QED) is 0.396. The molecule has 0 bridgehead atoms. The van der Waals surface area contributed by atoms with Gasteiger partial charge < -0.3 is 0 Å². The van der Waals surface area contributed by atoms with E-state index in [0.29, 0.717) is 0 Å². The van der Waals surface area contributed by atoms with Crippen molar-refractivity contribution in [3.05, 3.63) is 0 Å². The van der Waals surface area contributed by atoms with Crippen LogP contribution in [0.5, 0.6) is 0 Å². The molecular weight excluding hydrogens is 300 g/mol. The van der Waals surface area contributed by atoms with Gasteiger partial charge in [0, 0.05) is 0 Å². The Balaban J connectivity index is -0.00000000990. The zero-order chi connectivity index (χ0) is 18.9. The number of rotatable bonds is 0. The Hall–Kier alpha value is 0. The first-order valence-corrected chi connectivity index (χ1v) is 9.90. The van der Waals surface area contributed by atoms with Crippen LogP contribution in [0.3, 0.4) is 0 Å². The maximum absolute atomic E-state index is 2.12. The van der Waals surface area contributed by atoms with Crippen molar-refractivity contribution in [3.63, 3.8) is 0 Å². The molecule has 0 saturated heterocycles. The Labute approximate surface area is 172 Å². The summed E-state index contributed by atoms with van der Waals surface area (Å²) in [6.45, 7) is 29.8. The van der Waals surface area contributed by atoms with E-state index in [0.717, 1.165) is 0 Å². The Bertz CT molecular complexity index is 19.7. The summed E-state index contributed by atoms with van der Waals surface area (Å²) in [5, 5.41) is 0. The van der Waals surface area contributed by atoms with E-state index < -0.39 is 0 Å². The molecule has 0 rings (SSSR count). The van der Waals surface area contributed by atoms with Gasteiger partial charge in [0.15, 0.2) is 0 Å². The Morgan fingerprint density at radius 3 is 0.200 bits per heavy atom. The van der Waals surface area contributed by atoms with Crippen molar-refractivity contribution in [2.75, 3.05) is 0 Å². The summed E-state index contributed by atoms with van der Waals surface area (Å²) in [7, 11) is 0. The van der Waals surface area contributed by atoms with Gasteiger partial charge in [0.05, 0.1) is 0 Å². The molecule has 0 radical (unpaired) electrons. The van der Waals surface area contributed by atoms with Crippen molar-refractivity contribution in [1.82, 2.24) is 0 Å². The van der Waals surface area contributed by atoms with Crippen LogP contribution in [0, 0.1) is 0 Å². The van der Waals surface area contributed by atoms with Crippen LogP contribution in [-0.4, -0.2) is 0 Å². The van der Waals surface area contributed by atoms with Crippen molar-refractivity contribution in [3.8, 4) is 0 Å². The molecule has 0 aliphatic carbocycles. The molecule has 0 N–H and O–H groups in total. The van der Waals surface area contributed by atoms with Crippen LogP contribution in [0.15, 0.2) is 0 Å². The molecule has 0 heteroatoms. The molecular formula is C25H72. The predicted molar refractivity (Wildman–Crippen MR) is 139 cm³/mol. The second-order valence-electron chi connectivity index (χ2n) is 4.95. The fourth-order valence-corrected chi connectivity index (χ4v) is 0. The third-order valence-corrected chi connectivity index (χ3v) is 0. The van der Waals surface area contributed by atoms with Crippen molar-refractivity contribution in [2.45, 2.75) is 172 Å². The van der Waals surface area contributed by atoms with Crippen LogP contribution < -0.4 is 0 Å². The van der Waals surface area contributed by atoms with Gasteiger partial charge in [-0.25, -0.2) is 0 Å². The lowest BCUT2D eigenvalue weighted by molar-refractivity contribution is 1.09. The van der Waals surface area contributed by atoms with E-state index in [-0.39, 0.29) is 29.7 Å². The zero-order valence-corrected chi connectivity index (χ0v) is 18.9. The summed E-state index contributed by atoms with van der Waals surface area (Å²) < 4.78 is 0. The maximum Gasteiger partial charge on any atom is -0.0590 e. The highest BCUT2D eigenvalue weighted by Gasteiger charge is 1.37. The largest absolute Gasteiger partial charge is 0.0776 e. The topological polar surface area (TPSA) is 0 Å². The lowest BCUT2D eigenvalue weighted by Crippen LogP contribution is -1.27. The number of hydrogen-bond acceptors (Lipinski definition) is 0. The molecule has 0 unspecified atom stereocenters. The first-order chi connectivity index (χ1) is 9.90. The molecule has 0 heterocycles. The molecule has 0 aromatic carbocycles. The van der Waals surface area contributed by atoms with Crippen LogP contribution in [-0.2, 0) is 0 Å². The first kappa shape index (κ1) is 73.5. The summed E-state index contributed by atoms with van der Waals surface area (Å²) >= 11 is 0. The van der Waals surface area contributed by atoms with Crippen LogP contribution in [0.2, 0.25) is 0 Å². The summed E-state index contributed by atoms with van der Waals surface area (Å²) in [4.78, 5) is 0. The van der Waals surface area contributed by atoms with Crippen molar-refractivity contribution in [2.24, 2.45) is 0 Å². The molecule has 0 nitrogen and oxygen atoms in total. The molecule has 0 aromatic heterocycles. The highest BCUT2D eigenvalue weighted by molar-refractivity contribution is 3.94. The van der Waals surface area contributed by atoms with Gasteiger partial charge in [-0.15, -0.1) is 0 Å². The van der Waals surface area contributed by atoms with E-state index >= 15 is 0 Å². The minimum absolute atomic E-state index is 0. The molecule has 0 spiro atoms. The standard InChI is InChI=1S/7C3H8.4CH4/c7*1-3-2;;;;/h7*3H2,1-2H3;4*1H4. The second-order valence-corrected chi connectivity index (χ2v) is 4.95. The lowest BCUT2D eigenvalue weighted by atomic mass is 10.6. The molecule has 0 saturated carbocycles. The van der Waals surface area contributed by atoms with Gasteiger partial charge in [-0.05, 0) is 0 Å². The lowest BCUT2D eigenvalue weighted by Gasteiger charge is -1.48. The normalized spacial score (nSPS) is 5.04.